The molecule has 4 rings (SSSR count). The van der Waals surface area contributed by atoms with Gasteiger partial charge in [0.2, 0.25) is 5.75 Å². The normalized spacial score (nSPS) is 10.8. The summed E-state index contributed by atoms with van der Waals surface area (Å²) in [7, 11) is 0. The molecule has 32 heavy (non-hydrogen) atoms. The topological polar surface area (TPSA) is 60.6 Å². The first-order valence-corrected chi connectivity index (χ1v) is 10.9. The van der Waals surface area contributed by atoms with E-state index in [0.29, 0.717) is 36.8 Å². The zero-order chi connectivity index (χ0) is 22.2. The van der Waals surface area contributed by atoms with Crippen LogP contribution in [0.4, 0.5) is 0 Å². The van der Waals surface area contributed by atoms with E-state index in [-0.39, 0.29) is 11.3 Å². The fourth-order valence-electron chi connectivity index (χ4n) is 3.38. The zero-order valence-corrected chi connectivity index (χ0v) is 18.2. The highest BCUT2D eigenvalue weighted by atomic mass is 16.5. The molecule has 164 valence electrons. The van der Waals surface area contributed by atoms with E-state index >= 15 is 0 Å². The van der Waals surface area contributed by atoms with Crippen LogP contribution >= 0.6 is 0 Å². The van der Waals surface area contributed by atoms with Crippen molar-refractivity contribution in [1.82, 2.24) is 4.98 Å². The highest BCUT2D eigenvalue weighted by Crippen LogP contribution is 2.34. The number of nitrogens with one attached hydrogen (secondary N) is 1. The minimum Gasteiger partial charge on any atom is -0.489 e. The Labute approximate surface area is 187 Å². The quantitative estimate of drug-likeness (QED) is 0.321. The summed E-state index contributed by atoms with van der Waals surface area (Å²) in [4.78, 5) is 15.8. The van der Waals surface area contributed by atoms with Crippen molar-refractivity contribution < 1.29 is 14.2 Å². The van der Waals surface area contributed by atoms with E-state index < -0.39 is 0 Å². The lowest BCUT2D eigenvalue weighted by molar-refractivity contribution is 0.258. The van der Waals surface area contributed by atoms with Crippen molar-refractivity contribution in [2.75, 3.05) is 6.61 Å². The molecule has 0 saturated heterocycles. The van der Waals surface area contributed by atoms with E-state index in [4.69, 9.17) is 14.2 Å². The van der Waals surface area contributed by atoms with E-state index in [2.05, 4.69) is 11.9 Å². The van der Waals surface area contributed by atoms with Gasteiger partial charge in [0, 0.05) is 11.5 Å². The third-order valence-electron chi connectivity index (χ3n) is 5.11. The molecule has 1 heterocycles. The minimum absolute atomic E-state index is 0.222. The summed E-state index contributed by atoms with van der Waals surface area (Å²) in [6.07, 6.45) is 1.84. The van der Waals surface area contributed by atoms with Gasteiger partial charge in [-0.2, -0.15) is 0 Å². The lowest BCUT2D eigenvalue weighted by Crippen LogP contribution is -2.14. The lowest BCUT2D eigenvalue weighted by Gasteiger charge is -2.15. The molecule has 0 radical (unpaired) electrons. The van der Waals surface area contributed by atoms with Gasteiger partial charge >= 0.3 is 0 Å². The van der Waals surface area contributed by atoms with Crippen molar-refractivity contribution in [1.29, 1.82) is 0 Å². The van der Waals surface area contributed by atoms with Crippen molar-refractivity contribution in [2.45, 2.75) is 33.0 Å². The molecular weight excluding hydrogens is 402 g/mol. The Hall–Kier alpha value is -3.73. The van der Waals surface area contributed by atoms with E-state index in [1.165, 1.54) is 0 Å². The predicted octanol–water partition coefficient (Wildman–Crippen LogP) is 5.87. The van der Waals surface area contributed by atoms with Crippen LogP contribution in [0.25, 0.3) is 10.9 Å². The molecule has 0 saturated carbocycles. The molecule has 0 bridgehead atoms. The molecule has 5 nitrogen and oxygen atoms in total. The number of hydrogen-bond donors (Lipinski definition) is 1. The molecule has 0 amide bonds. The third-order valence-corrected chi connectivity index (χ3v) is 5.11. The van der Waals surface area contributed by atoms with Crippen molar-refractivity contribution in [2.24, 2.45) is 0 Å². The Morgan fingerprint density at radius 1 is 0.750 bits per heavy atom. The number of ether oxygens (including phenoxy) is 3. The average Bonchev–Trinajstić information content (AvgIpc) is 2.83. The molecule has 3 aromatic carbocycles. The predicted molar refractivity (Wildman–Crippen MR) is 127 cm³/mol. The Kier molecular flexibility index (Phi) is 7.08. The highest BCUT2D eigenvalue weighted by molar-refractivity contribution is 5.88. The average molecular weight is 430 g/mol. The summed E-state index contributed by atoms with van der Waals surface area (Å²) < 4.78 is 17.9. The van der Waals surface area contributed by atoms with Gasteiger partial charge in [0.1, 0.15) is 19.0 Å². The summed E-state index contributed by atoms with van der Waals surface area (Å²) in [6.45, 7) is 3.34. The number of pyridine rings is 1. The molecule has 5 heteroatoms. The van der Waals surface area contributed by atoms with Gasteiger partial charge < -0.3 is 19.2 Å². The van der Waals surface area contributed by atoms with Gasteiger partial charge in [0.05, 0.1) is 12.1 Å². The van der Waals surface area contributed by atoms with Gasteiger partial charge in [-0.05, 0) is 29.7 Å². The first-order chi connectivity index (χ1) is 15.7. The second kappa shape index (κ2) is 10.5. The van der Waals surface area contributed by atoms with E-state index in [0.717, 1.165) is 29.4 Å². The lowest BCUT2D eigenvalue weighted by atomic mass is 10.1. The van der Waals surface area contributed by atoms with Crippen molar-refractivity contribution in [3.8, 4) is 17.2 Å². The van der Waals surface area contributed by atoms with E-state index in [9.17, 15) is 4.79 Å². The second-order valence-corrected chi connectivity index (χ2v) is 7.57. The summed E-state index contributed by atoms with van der Waals surface area (Å²) in [5, 5.41) is 0.777. The number of rotatable bonds is 10. The fraction of sp³-hybridized carbons (Fsp3) is 0.222. The third kappa shape index (κ3) is 5.30. The van der Waals surface area contributed by atoms with Crippen LogP contribution in [0.3, 0.4) is 0 Å². The Morgan fingerprint density at radius 3 is 2.06 bits per heavy atom. The fourth-order valence-corrected chi connectivity index (χ4v) is 3.38. The Bertz CT molecular complexity index is 1200. The van der Waals surface area contributed by atoms with Gasteiger partial charge in [0.25, 0.3) is 5.56 Å². The molecule has 0 aliphatic rings. The SMILES string of the molecule is CCCCOc1c(OCc2ccccc2)c2ccc(OCc3ccccc3)cc2[nH]c1=O. The Morgan fingerprint density at radius 2 is 1.41 bits per heavy atom. The monoisotopic (exact) mass is 429 g/mol. The maximum absolute atomic E-state index is 12.8. The number of hydrogen-bond acceptors (Lipinski definition) is 4. The molecule has 0 atom stereocenters. The van der Waals surface area contributed by atoms with Crippen LogP contribution in [-0.2, 0) is 13.2 Å². The van der Waals surface area contributed by atoms with Gasteiger partial charge in [-0.3, -0.25) is 4.79 Å². The standard InChI is InChI=1S/C27H27NO4/c1-2-3-16-30-26-25(32-19-21-12-8-5-9-13-21)23-15-14-22(17-24(23)28-27(26)29)31-18-20-10-6-4-7-11-20/h4-15,17H,2-3,16,18-19H2,1H3,(H,28,29). The summed E-state index contributed by atoms with van der Waals surface area (Å²) >= 11 is 0. The maximum atomic E-state index is 12.8. The second-order valence-electron chi connectivity index (χ2n) is 7.57. The number of aromatic nitrogens is 1. The van der Waals surface area contributed by atoms with Crippen LogP contribution in [0, 0.1) is 0 Å². The van der Waals surface area contributed by atoms with Crippen molar-refractivity contribution >= 4 is 10.9 Å². The molecular formula is C27H27NO4. The minimum atomic E-state index is -0.308. The smallest absolute Gasteiger partial charge is 0.294 e. The van der Waals surface area contributed by atoms with Gasteiger partial charge in [-0.1, -0.05) is 74.0 Å². The number of benzene rings is 3. The molecule has 1 N–H and O–H groups in total. The molecule has 4 aromatic rings. The molecule has 0 unspecified atom stereocenters. The largest absolute Gasteiger partial charge is 0.489 e. The van der Waals surface area contributed by atoms with E-state index in [1.807, 2.05) is 78.9 Å². The number of H-pyrrole nitrogens is 1. The van der Waals surface area contributed by atoms with Crippen molar-refractivity contribution in [3.05, 3.63) is 100 Å². The number of aromatic amines is 1. The Balaban J connectivity index is 1.64. The molecule has 0 aliphatic carbocycles. The van der Waals surface area contributed by atoms with Crippen LogP contribution < -0.4 is 19.8 Å². The van der Waals surface area contributed by atoms with Crippen LogP contribution in [0.2, 0.25) is 0 Å². The summed E-state index contributed by atoms with van der Waals surface area (Å²) in [5.74, 6) is 1.35. The van der Waals surface area contributed by atoms with Crippen LogP contribution in [0.5, 0.6) is 17.2 Å². The van der Waals surface area contributed by atoms with Gasteiger partial charge in [-0.15, -0.1) is 0 Å². The molecule has 0 spiro atoms. The number of unbranched alkanes of at least 4 members (excludes halogenated alkanes) is 1. The van der Waals surface area contributed by atoms with Gasteiger partial charge in [-0.25, -0.2) is 0 Å². The van der Waals surface area contributed by atoms with Crippen LogP contribution in [0.1, 0.15) is 30.9 Å². The van der Waals surface area contributed by atoms with Gasteiger partial charge in [0.15, 0.2) is 5.75 Å². The zero-order valence-electron chi connectivity index (χ0n) is 18.2. The van der Waals surface area contributed by atoms with E-state index in [1.54, 1.807) is 0 Å². The summed E-state index contributed by atoms with van der Waals surface area (Å²) in [5.41, 5.74) is 2.43. The van der Waals surface area contributed by atoms with Crippen molar-refractivity contribution in [3.63, 3.8) is 0 Å². The van der Waals surface area contributed by atoms with Crippen LogP contribution in [0.15, 0.2) is 83.7 Å². The molecule has 0 fully saturated rings. The summed E-state index contributed by atoms with van der Waals surface area (Å²) in [6, 6.07) is 25.4. The first kappa shape index (κ1) is 21.5. The maximum Gasteiger partial charge on any atom is 0.294 e. The number of fused-ring (bicyclic) bond motifs is 1. The van der Waals surface area contributed by atoms with Crippen LogP contribution in [-0.4, -0.2) is 11.6 Å². The molecule has 1 aromatic heterocycles. The first-order valence-electron chi connectivity index (χ1n) is 10.9. The molecule has 0 aliphatic heterocycles. The highest BCUT2D eigenvalue weighted by Gasteiger charge is 2.17.